The van der Waals surface area contributed by atoms with Crippen LogP contribution in [0.3, 0.4) is 0 Å². The Morgan fingerprint density at radius 1 is 1.08 bits per heavy atom. The summed E-state index contributed by atoms with van der Waals surface area (Å²) in [4.78, 5) is 8.96. The molecule has 0 amide bonds. The van der Waals surface area contributed by atoms with Gasteiger partial charge in [0.25, 0.3) is 0 Å². The van der Waals surface area contributed by atoms with E-state index in [4.69, 9.17) is 0 Å². The molecule has 2 rings (SSSR count). The fourth-order valence-electron chi connectivity index (χ4n) is 2.68. The van der Waals surface area contributed by atoms with Crippen molar-refractivity contribution in [2.24, 2.45) is 4.99 Å². The van der Waals surface area contributed by atoms with Gasteiger partial charge in [-0.15, -0.1) is 24.0 Å². The lowest BCUT2D eigenvalue weighted by molar-refractivity contribution is 0.261. The lowest BCUT2D eigenvalue weighted by Gasteiger charge is -2.36. The van der Waals surface area contributed by atoms with Crippen molar-refractivity contribution in [1.29, 1.82) is 0 Å². The molecule has 1 aliphatic heterocycles. The molecular weight excluding hydrogens is 420 g/mol. The standard InChI is InChI=1S/C17H28FN5.HI/c1-3-8-20-17(19-2)21-9-10-22-11-13-23(14-12-22)16-6-4-15(18)5-7-16;/h4-7H,3,8-14H2,1-2H3,(H2,19,20,21);1H. The molecule has 1 aromatic rings. The Kier molecular flexibility index (Phi) is 10.0. The van der Waals surface area contributed by atoms with E-state index < -0.39 is 0 Å². The molecule has 1 heterocycles. The molecule has 0 aromatic heterocycles. The maximum absolute atomic E-state index is 13.0. The molecule has 1 fully saturated rings. The SMILES string of the molecule is CCCNC(=NC)NCCN1CCN(c2ccc(F)cc2)CC1.I. The minimum Gasteiger partial charge on any atom is -0.369 e. The molecule has 2 N–H and O–H groups in total. The Hall–Kier alpha value is -1.09. The number of halogens is 2. The van der Waals surface area contributed by atoms with Crippen molar-refractivity contribution in [3.8, 4) is 0 Å². The number of piperazine rings is 1. The maximum atomic E-state index is 13.0. The van der Waals surface area contributed by atoms with Crippen LogP contribution in [0.15, 0.2) is 29.3 Å². The molecule has 0 aliphatic carbocycles. The summed E-state index contributed by atoms with van der Waals surface area (Å²) in [6.07, 6.45) is 1.09. The third-order valence-electron chi connectivity index (χ3n) is 4.05. The summed E-state index contributed by atoms with van der Waals surface area (Å²) in [5.41, 5.74) is 1.10. The third-order valence-corrected chi connectivity index (χ3v) is 4.05. The lowest BCUT2D eigenvalue weighted by atomic mass is 10.2. The Bertz CT molecular complexity index is 486. The van der Waals surface area contributed by atoms with E-state index in [0.717, 1.165) is 63.9 Å². The minimum absolute atomic E-state index is 0. The van der Waals surface area contributed by atoms with Gasteiger partial charge in [-0.3, -0.25) is 9.89 Å². The summed E-state index contributed by atoms with van der Waals surface area (Å²) in [7, 11) is 1.80. The molecule has 0 bridgehead atoms. The Balaban J connectivity index is 0.00000288. The van der Waals surface area contributed by atoms with E-state index in [-0.39, 0.29) is 29.8 Å². The summed E-state index contributed by atoms with van der Waals surface area (Å²) in [6, 6.07) is 6.77. The van der Waals surface area contributed by atoms with Gasteiger partial charge in [0.1, 0.15) is 5.82 Å². The van der Waals surface area contributed by atoms with Crippen LogP contribution >= 0.6 is 24.0 Å². The van der Waals surface area contributed by atoms with Crippen molar-refractivity contribution >= 4 is 35.6 Å². The molecule has 0 spiro atoms. The number of anilines is 1. The van der Waals surface area contributed by atoms with Gasteiger partial charge in [0, 0.05) is 58.5 Å². The van der Waals surface area contributed by atoms with Crippen LogP contribution in [-0.4, -0.2) is 63.7 Å². The van der Waals surface area contributed by atoms with Crippen molar-refractivity contribution in [3.63, 3.8) is 0 Å². The first-order valence-corrected chi connectivity index (χ1v) is 8.40. The Labute approximate surface area is 161 Å². The zero-order valence-corrected chi connectivity index (χ0v) is 16.9. The molecule has 0 unspecified atom stereocenters. The van der Waals surface area contributed by atoms with Crippen LogP contribution in [-0.2, 0) is 0 Å². The number of guanidine groups is 1. The van der Waals surface area contributed by atoms with Crippen molar-refractivity contribution in [3.05, 3.63) is 30.1 Å². The average molecular weight is 449 g/mol. The zero-order valence-electron chi connectivity index (χ0n) is 14.6. The van der Waals surface area contributed by atoms with Crippen LogP contribution in [0.5, 0.6) is 0 Å². The molecule has 1 saturated heterocycles. The Morgan fingerprint density at radius 2 is 1.71 bits per heavy atom. The van der Waals surface area contributed by atoms with Crippen molar-refractivity contribution in [2.45, 2.75) is 13.3 Å². The van der Waals surface area contributed by atoms with Gasteiger partial charge in [0.15, 0.2) is 5.96 Å². The average Bonchev–Trinajstić information content (AvgIpc) is 2.59. The predicted molar refractivity (Wildman–Crippen MR) is 110 cm³/mol. The van der Waals surface area contributed by atoms with Gasteiger partial charge in [0.05, 0.1) is 0 Å². The second-order valence-corrected chi connectivity index (χ2v) is 5.73. The van der Waals surface area contributed by atoms with E-state index in [9.17, 15) is 4.39 Å². The van der Waals surface area contributed by atoms with E-state index in [1.54, 1.807) is 7.05 Å². The molecule has 0 radical (unpaired) electrons. The highest BCUT2D eigenvalue weighted by molar-refractivity contribution is 14.0. The number of nitrogens with zero attached hydrogens (tertiary/aromatic N) is 3. The molecule has 5 nitrogen and oxygen atoms in total. The normalized spacial score (nSPS) is 15.8. The second kappa shape index (κ2) is 11.5. The van der Waals surface area contributed by atoms with Gasteiger partial charge in [-0.25, -0.2) is 4.39 Å². The van der Waals surface area contributed by atoms with Gasteiger partial charge < -0.3 is 15.5 Å². The number of rotatable bonds is 6. The fraction of sp³-hybridized carbons (Fsp3) is 0.588. The fourth-order valence-corrected chi connectivity index (χ4v) is 2.68. The van der Waals surface area contributed by atoms with Crippen LogP contribution in [0.1, 0.15) is 13.3 Å². The van der Waals surface area contributed by atoms with E-state index in [1.165, 1.54) is 12.1 Å². The zero-order chi connectivity index (χ0) is 16.5. The molecule has 1 aliphatic rings. The molecule has 136 valence electrons. The number of nitrogens with one attached hydrogen (secondary N) is 2. The monoisotopic (exact) mass is 449 g/mol. The van der Waals surface area contributed by atoms with Gasteiger partial charge >= 0.3 is 0 Å². The van der Waals surface area contributed by atoms with Crippen LogP contribution in [0.4, 0.5) is 10.1 Å². The van der Waals surface area contributed by atoms with E-state index in [1.807, 2.05) is 12.1 Å². The largest absolute Gasteiger partial charge is 0.369 e. The molecule has 24 heavy (non-hydrogen) atoms. The van der Waals surface area contributed by atoms with Crippen LogP contribution < -0.4 is 15.5 Å². The topological polar surface area (TPSA) is 42.9 Å². The van der Waals surface area contributed by atoms with Crippen LogP contribution in [0, 0.1) is 5.82 Å². The highest BCUT2D eigenvalue weighted by atomic mass is 127. The van der Waals surface area contributed by atoms with E-state index in [0.29, 0.717) is 0 Å². The van der Waals surface area contributed by atoms with Gasteiger partial charge in [-0.05, 0) is 30.7 Å². The van der Waals surface area contributed by atoms with Crippen molar-refractivity contribution in [1.82, 2.24) is 15.5 Å². The number of hydrogen-bond acceptors (Lipinski definition) is 3. The molecule has 1 aromatic carbocycles. The molecular formula is C17H29FIN5. The van der Waals surface area contributed by atoms with Gasteiger partial charge in [0.2, 0.25) is 0 Å². The maximum Gasteiger partial charge on any atom is 0.191 e. The summed E-state index contributed by atoms with van der Waals surface area (Å²) >= 11 is 0. The molecule has 0 saturated carbocycles. The summed E-state index contributed by atoms with van der Waals surface area (Å²) in [5, 5.41) is 6.61. The highest BCUT2D eigenvalue weighted by Crippen LogP contribution is 2.16. The van der Waals surface area contributed by atoms with Gasteiger partial charge in [-0.2, -0.15) is 0 Å². The number of hydrogen-bond donors (Lipinski definition) is 2. The van der Waals surface area contributed by atoms with E-state index >= 15 is 0 Å². The smallest absolute Gasteiger partial charge is 0.191 e. The van der Waals surface area contributed by atoms with Crippen LogP contribution in [0.25, 0.3) is 0 Å². The lowest BCUT2D eigenvalue weighted by Crippen LogP contribution is -2.49. The Morgan fingerprint density at radius 3 is 2.29 bits per heavy atom. The molecule has 0 atom stereocenters. The minimum atomic E-state index is -0.177. The quantitative estimate of drug-likeness (QED) is 0.397. The first-order valence-electron chi connectivity index (χ1n) is 8.40. The first kappa shape index (κ1) is 21.0. The number of aliphatic imine (C=N–C) groups is 1. The van der Waals surface area contributed by atoms with Crippen molar-refractivity contribution in [2.75, 3.05) is 57.8 Å². The summed E-state index contributed by atoms with van der Waals surface area (Å²) < 4.78 is 13.0. The second-order valence-electron chi connectivity index (χ2n) is 5.73. The van der Waals surface area contributed by atoms with Crippen molar-refractivity contribution < 1.29 is 4.39 Å². The number of benzene rings is 1. The summed E-state index contributed by atoms with van der Waals surface area (Å²) in [6.45, 7) is 8.99. The van der Waals surface area contributed by atoms with Gasteiger partial charge in [-0.1, -0.05) is 6.92 Å². The third kappa shape index (κ3) is 6.80. The predicted octanol–water partition coefficient (Wildman–Crippen LogP) is 2.14. The first-order chi connectivity index (χ1) is 11.2. The van der Waals surface area contributed by atoms with Crippen LogP contribution in [0.2, 0.25) is 0 Å². The summed E-state index contributed by atoms with van der Waals surface area (Å²) in [5.74, 6) is 0.695. The van der Waals surface area contributed by atoms with E-state index in [2.05, 4.69) is 32.3 Å². The highest BCUT2D eigenvalue weighted by Gasteiger charge is 2.16. The molecule has 7 heteroatoms.